The van der Waals surface area contributed by atoms with Crippen molar-refractivity contribution in [3.8, 4) is 0 Å². The van der Waals surface area contributed by atoms with Crippen LogP contribution in [0.25, 0.3) is 0 Å². The van der Waals surface area contributed by atoms with Crippen molar-refractivity contribution < 1.29 is 4.79 Å². The van der Waals surface area contributed by atoms with Crippen LogP contribution in [0.3, 0.4) is 0 Å². The maximum atomic E-state index is 12.2. The number of benzene rings is 2. The minimum Gasteiger partial charge on any atom is -0.351 e. The van der Waals surface area contributed by atoms with Crippen molar-refractivity contribution in [2.75, 3.05) is 19.6 Å². The van der Waals surface area contributed by atoms with Gasteiger partial charge < -0.3 is 5.32 Å². The molecule has 1 unspecified atom stereocenters. The van der Waals surface area contributed by atoms with Crippen LogP contribution in [0, 0.1) is 0 Å². The predicted octanol–water partition coefficient (Wildman–Crippen LogP) is 4.31. The number of fused-ring (bicyclic) bond motifs is 2. The van der Waals surface area contributed by atoms with E-state index >= 15 is 0 Å². The molecule has 136 valence electrons. The zero-order chi connectivity index (χ0) is 18.0. The molecule has 2 aliphatic rings. The lowest BCUT2D eigenvalue weighted by Gasteiger charge is -2.47. The molecule has 2 aliphatic heterocycles. The highest BCUT2D eigenvalue weighted by Crippen LogP contribution is 2.41. The summed E-state index contributed by atoms with van der Waals surface area (Å²) in [5.41, 5.74) is 3.67. The SMILES string of the molecule is CCCC(c1ccccc1)N1CCC2(CC1)CNC(=O)c1ccccc12. The zero-order valence-electron chi connectivity index (χ0n) is 15.6. The summed E-state index contributed by atoms with van der Waals surface area (Å²) in [6, 6.07) is 19.6. The van der Waals surface area contributed by atoms with Gasteiger partial charge in [-0.2, -0.15) is 0 Å². The first-order chi connectivity index (χ1) is 12.7. The van der Waals surface area contributed by atoms with Crippen LogP contribution in [0.4, 0.5) is 0 Å². The Morgan fingerprint density at radius 2 is 1.73 bits per heavy atom. The number of likely N-dealkylation sites (tertiary alicyclic amines) is 1. The molecule has 2 aromatic carbocycles. The Bertz CT molecular complexity index is 763. The molecular formula is C23H28N2O. The summed E-state index contributed by atoms with van der Waals surface area (Å²) in [6.45, 7) is 5.22. The number of rotatable bonds is 4. The zero-order valence-corrected chi connectivity index (χ0v) is 15.6. The Labute approximate surface area is 156 Å². The molecule has 4 rings (SSSR count). The first-order valence-corrected chi connectivity index (χ1v) is 9.90. The molecule has 0 aliphatic carbocycles. The highest BCUT2D eigenvalue weighted by molar-refractivity contribution is 5.97. The van der Waals surface area contributed by atoms with Gasteiger partial charge in [-0.3, -0.25) is 9.69 Å². The average Bonchev–Trinajstić information content (AvgIpc) is 2.71. The van der Waals surface area contributed by atoms with E-state index in [9.17, 15) is 4.79 Å². The molecule has 1 fully saturated rings. The van der Waals surface area contributed by atoms with E-state index in [2.05, 4.69) is 59.6 Å². The molecular weight excluding hydrogens is 320 g/mol. The third-order valence-electron chi connectivity index (χ3n) is 6.27. The molecule has 1 atom stereocenters. The molecule has 2 heterocycles. The van der Waals surface area contributed by atoms with Crippen LogP contribution < -0.4 is 5.32 Å². The smallest absolute Gasteiger partial charge is 0.251 e. The lowest BCUT2D eigenvalue weighted by atomic mass is 9.69. The van der Waals surface area contributed by atoms with Gasteiger partial charge in [-0.05, 0) is 49.5 Å². The van der Waals surface area contributed by atoms with Gasteiger partial charge in [0.1, 0.15) is 0 Å². The third-order valence-corrected chi connectivity index (χ3v) is 6.27. The number of amides is 1. The van der Waals surface area contributed by atoms with E-state index in [0.717, 1.165) is 38.0 Å². The van der Waals surface area contributed by atoms with E-state index in [-0.39, 0.29) is 11.3 Å². The van der Waals surface area contributed by atoms with Crippen molar-refractivity contribution in [2.45, 2.75) is 44.1 Å². The summed E-state index contributed by atoms with van der Waals surface area (Å²) in [5, 5.41) is 3.14. The van der Waals surface area contributed by atoms with Gasteiger partial charge in [0, 0.05) is 23.6 Å². The molecule has 0 bridgehead atoms. The molecule has 0 aromatic heterocycles. The topological polar surface area (TPSA) is 32.3 Å². The quantitative estimate of drug-likeness (QED) is 0.893. The van der Waals surface area contributed by atoms with Crippen LogP contribution in [0.15, 0.2) is 54.6 Å². The highest BCUT2D eigenvalue weighted by Gasteiger charge is 2.42. The Balaban J connectivity index is 1.55. The summed E-state index contributed by atoms with van der Waals surface area (Å²) in [7, 11) is 0. The Kier molecular flexibility index (Phi) is 4.82. The number of piperidine rings is 1. The van der Waals surface area contributed by atoms with E-state index in [4.69, 9.17) is 0 Å². The van der Waals surface area contributed by atoms with Gasteiger partial charge in [0.2, 0.25) is 0 Å². The van der Waals surface area contributed by atoms with E-state index in [1.807, 2.05) is 12.1 Å². The molecule has 3 nitrogen and oxygen atoms in total. The minimum atomic E-state index is 0.0850. The Morgan fingerprint density at radius 3 is 2.46 bits per heavy atom. The largest absolute Gasteiger partial charge is 0.351 e. The fourth-order valence-corrected chi connectivity index (χ4v) is 4.80. The average molecular weight is 348 g/mol. The summed E-state index contributed by atoms with van der Waals surface area (Å²) >= 11 is 0. The van der Waals surface area contributed by atoms with Crippen molar-refractivity contribution in [2.24, 2.45) is 0 Å². The lowest BCUT2D eigenvalue weighted by Crippen LogP contribution is -2.53. The van der Waals surface area contributed by atoms with Gasteiger partial charge in [-0.15, -0.1) is 0 Å². The molecule has 1 spiro atoms. The van der Waals surface area contributed by atoms with Gasteiger partial charge in [0.15, 0.2) is 0 Å². The van der Waals surface area contributed by atoms with E-state index < -0.39 is 0 Å². The normalized spacial score (nSPS) is 20.4. The van der Waals surface area contributed by atoms with E-state index in [1.165, 1.54) is 24.0 Å². The monoisotopic (exact) mass is 348 g/mol. The van der Waals surface area contributed by atoms with Crippen molar-refractivity contribution in [3.05, 3.63) is 71.3 Å². The molecule has 3 heteroatoms. The maximum Gasteiger partial charge on any atom is 0.251 e. The highest BCUT2D eigenvalue weighted by atomic mass is 16.1. The number of hydrogen-bond acceptors (Lipinski definition) is 2. The predicted molar refractivity (Wildman–Crippen MR) is 105 cm³/mol. The van der Waals surface area contributed by atoms with Crippen LogP contribution in [0.2, 0.25) is 0 Å². The van der Waals surface area contributed by atoms with Crippen LogP contribution in [0.1, 0.15) is 60.1 Å². The van der Waals surface area contributed by atoms with Gasteiger partial charge in [0.25, 0.3) is 5.91 Å². The number of nitrogens with zero attached hydrogens (tertiary/aromatic N) is 1. The van der Waals surface area contributed by atoms with Crippen LogP contribution in [0.5, 0.6) is 0 Å². The Morgan fingerprint density at radius 1 is 1.04 bits per heavy atom. The molecule has 0 radical (unpaired) electrons. The van der Waals surface area contributed by atoms with Gasteiger partial charge in [-0.1, -0.05) is 61.9 Å². The van der Waals surface area contributed by atoms with Crippen molar-refractivity contribution in [3.63, 3.8) is 0 Å². The minimum absolute atomic E-state index is 0.0850. The molecule has 1 amide bonds. The summed E-state index contributed by atoms with van der Waals surface area (Å²) in [4.78, 5) is 14.9. The van der Waals surface area contributed by atoms with Crippen molar-refractivity contribution in [1.82, 2.24) is 10.2 Å². The first kappa shape index (κ1) is 17.3. The summed E-state index contributed by atoms with van der Waals surface area (Å²) in [6.07, 6.45) is 4.61. The first-order valence-electron chi connectivity index (χ1n) is 9.90. The standard InChI is InChI=1S/C23H28N2O/c1-2-8-21(18-9-4-3-5-10-18)25-15-13-23(14-16-25)17-24-22(26)19-11-6-7-12-20(19)23/h3-7,9-12,21H,2,8,13-17H2,1H3,(H,24,26). The molecule has 1 saturated heterocycles. The molecule has 26 heavy (non-hydrogen) atoms. The van der Waals surface area contributed by atoms with Crippen LogP contribution in [-0.4, -0.2) is 30.4 Å². The second kappa shape index (κ2) is 7.24. The fraction of sp³-hybridized carbons (Fsp3) is 0.435. The van der Waals surface area contributed by atoms with E-state index in [0.29, 0.717) is 6.04 Å². The second-order valence-corrected chi connectivity index (χ2v) is 7.76. The maximum absolute atomic E-state index is 12.2. The van der Waals surface area contributed by atoms with Gasteiger partial charge >= 0.3 is 0 Å². The van der Waals surface area contributed by atoms with Crippen LogP contribution >= 0.6 is 0 Å². The van der Waals surface area contributed by atoms with Crippen molar-refractivity contribution in [1.29, 1.82) is 0 Å². The van der Waals surface area contributed by atoms with Gasteiger partial charge in [0.05, 0.1) is 0 Å². The lowest BCUT2D eigenvalue weighted by molar-refractivity contribution is 0.0826. The number of hydrogen-bond donors (Lipinski definition) is 1. The number of carbonyl (C=O) groups is 1. The van der Waals surface area contributed by atoms with Gasteiger partial charge in [-0.25, -0.2) is 0 Å². The molecule has 2 aromatic rings. The molecule has 0 saturated carbocycles. The van der Waals surface area contributed by atoms with E-state index in [1.54, 1.807) is 0 Å². The third kappa shape index (κ3) is 3.05. The fourth-order valence-electron chi connectivity index (χ4n) is 4.80. The Hall–Kier alpha value is -2.13. The van der Waals surface area contributed by atoms with Crippen LogP contribution in [-0.2, 0) is 5.41 Å². The van der Waals surface area contributed by atoms with Crippen molar-refractivity contribution >= 4 is 5.91 Å². The molecule has 1 N–H and O–H groups in total. The number of nitrogens with one attached hydrogen (secondary N) is 1. The summed E-state index contributed by atoms with van der Waals surface area (Å²) in [5.74, 6) is 0.0850. The number of carbonyl (C=O) groups excluding carboxylic acids is 1. The second-order valence-electron chi connectivity index (χ2n) is 7.76. The summed E-state index contributed by atoms with van der Waals surface area (Å²) < 4.78 is 0.